The minimum absolute atomic E-state index is 0.122. The molecular weight excluding hydrogens is 244 g/mol. The van der Waals surface area contributed by atoms with Gasteiger partial charge in [0, 0.05) is 18.2 Å². The van der Waals surface area contributed by atoms with E-state index in [1.807, 2.05) is 6.92 Å². The number of nitro benzene ring substituents is 1. The lowest BCUT2D eigenvalue weighted by molar-refractivity contribution is -0.385. The van der Waals surface area contributed by atoms with Gasteiger partial charge in [-0.25, -0.2) is 0 Å². The van der Waals surface area contributed by atoms with Crippen molar-refractivity contribution in [1.82, 2.24) is 5.32 Å². The number of benzene rings is 1. The lowest BCUT2D eigenvalue weighted by atomic mass is 10.1. The van der Waals surface area contributed by atoms with Gasteiger partial charge in [-0.2, -0.15) is 0 Å². The molecule has 0 atom stereocenters. The SMILES string of the molecule is C=C(CNCC)COc1cc(C)c([N+](=O)[O-])cc1C. The standard InChI is InChI=1S/C14H20N2O3/c1-5-15-8-10(2)9-19-14-7-11(3)13(16(17)18)6-12(14)4/h6-7,15H,2,5,8-9H2,1,3-4H3. The summed E-state index contributed by atoms with van der Waals surface area (Å²) in [6.07, 6.45) is 0. The zero-order valence-electron chi connectivity index (χ0n) is 11.7. The molecule has 0 fully saturated rings. The molecule has 1 N–H and O–H groups in total. The maximum atomic E-state index is 10.8. The van der Waals surface area contributed by atoms with Crippen molar-refractivity contribution in [3.8, 4) is 5.75 Å². The third-order valence-corrected chi connectivity index (χ3v) is 2.75. The number of likely N-dealkylation sites (N-methyl/N-ethyl adjacent to an activating group) is 1. The molecule has 5 nitrogen and oxygen atoms in total. The van der Waals surface area contributed by atoms with Crippen LogP contribution in [-0.2, 0) is 0 Å². The Hall–Kier alpha value is -1.88. The molecule has 0 amide bonds. The number of nitro groups is 1. The Kier molecular flexibility index (Phi) is 5.51. The van der Waals surface area contributed by atoms with E-state index in [4.69, 9.17) is 4.74 Å². The fourth-order valence-corrected chi connectivity index (χ4v) is 1.66. The number of rotatable bonds is 7. The highest BCUT2D eigenvalue weighted by molar-refractivity contribution is 5.49. The molecule has 0 spiro atoms. The zero-order valence-corrected chi connectivity index (χ0v) is 11.7. The van der Waals surface area contributed by atoms with Crippen LogP contribution in [-0.4, -0.2) is 24.6 Å². The van der Waals surface area contributed by atoms with Gasteiger partial charge in [-0.3, -0.25) is 10.1 Å². The normalized spacial score (nSPS) is 10.3. The third-order valence-electron chi connectivity index (χ3n) is 2.75. The first-order chi connectivity index (χ1) is 8.95. The summed E-state index contributed by atoms with van der Waals surface area (Å²) in [4.78, 5) is 10.4. The number of nitrogens with zero attached hydrogens (tertiary/aromatic N) is 1. The maximum absolute atomic E-state index is 10.8. The molecule has 0 saturated carbocycles. The van der Waals surface area contributed by atoms with Gasteiger partial charge < -0.3 is 10.1 Å². The van der Waals surface area contributed by atoms with Gasteiger partial charge in [-0.05, 0) is 37.6 Å². The Bertz CT molecular complexity index is 484. The van der Waals surface area contributed by atoms with Crippen LogP contribution in [0.15, 0.2) is 24.3 Å². The van der Waals surface area contributed by atoms with Crippen LogP contribution < -0.4 is 10.1 Å². The minimum Gasteiger partial charge on any atom is -0.489 e. The fourth-order valence-electron chi connectivity index (χ4n) is 1.66. The van der Waals surface area contributed by atoms with Gasteiger partial charge in [0.15, 0.2) is 0 Å². The minimum atomic E-state index is -0.379. The maximum Gasteiger partial charge on any atom is 0.272 e. The molecular formula is C14H20N2O3. The molecule has 1 aromatic carbocycles. The van der Waals surface area contributed by atoms with E-state index in [0.717, 1.165) is 17.7 Å². The van der Waals surface area contributed by atoms with E-state index in [9.17, 15) is 10.1 Å². The topological polar surface area (TPSA) is 64.4 Å². The summed E-state index contributed by atoms with van der Waals surface area (Å²) in [5.41, 5.74) is 2.42. The van der Waals surface area contributed by atoms with E-state index in [1.165, 1.54) is 6.07 Å². The molecule has 1 aromatic rings. The van der Waals surface area contributed by atoms with Crippen LogP contribution >= 0.6 is 0 Å². The molecule has 0 heterocycles. The lowest BCUT2D eigenvalue weighted by Crippen LogP contribution is -2.19. The number of nitrogens with one attached hydrogen (secondary N) is 1. The second-order valence-electron chi connectivity index (χ2n) is 4.48. The summed E-state index contributed by atoms with van der Waals surface area (Å²) in [5, 5.41) is 14.0. The highest BCUT2D eigenvalue weighted by Gasteiger charge is 2.14. The van der Waals surface area contributed by atoms with Crippen molar-refractivity contribution in [2.24, 2.45) is 0 Å². The van der Waals surface area contributed by atoms with Gasteiger partial charge in [0.05, 0.1) is 4.92 Å². The Morgan fingerprint density at radius 2 is 2.11 bits per heavy atom. The summed E-state index contributed by atoms with van der Waals surface area (Å²) in [6.45, 7) is 11.4. The second kappa shape index (κ2) is 6.89. The first kappa shape index (κ1) is 15.2. The Labute approximate surface area is 113 Å². The first-order valence-corrected chi connectivity index (χ1v) is 6.21. The predicted molar refractivity (Wildman–Crippen MR) is 75.7 cm³/mol. The van der Waals surface area contributed by atoms with E-state index < -0.39 is 0 Å². The number of hydrogen-bond acceptors (Lipinski definition) is 4. The van der Waals surface area contributed by atoms with E-state index in [-0.39, 0.29) is 10.6 Å². The van der Waals surface area contributed by atoms with Gasteiger partial charge >= 0.3 is 0 Å². The Morgan fingerprint density at radius 3 is 2.68 bits per heavy atom. The van der Waals surface area contributed by atoms with Crippen molar-refractivity contribution in [1.29, 1.82) is 0 Å². The molecule has 0 unspecified atom stereocenters. The van der Waals surface area contributed by atoms with Crippen LogP contribution in [0.2, 0.25) is 0 Å². The van der Waals surface area contributed by atoms with E-state index in [2.05, 4.69) is 11.9 Å². The smallest absolute Gasteiger partial charge is 0.272 e. The Morgan fingerprint density at radius 1 is 1.42 bits per heavy atom. The molecule has 0 aromatic heterocycles. The average Bonchev–Trinajstić information content (AvgIpc) is 2.36. The highest BCUT2D eigenvalue weighted by Crippen LogP contribution is 2.27. The molecule has 0 aliphatic rings. The summed E-state index contributed by atoms with van der Waals surface area (Å²) in [7, 11) is 0. The molecule has 1 rings (SSSR count). The van der Waals surface area contributed by atoms with Gasteiger partial charge in [0.1, 0.15) is 12.4 Å². The van der Waals surface area contributed by atoms with Crippen LogP contribution in [0.4, 0.5) is 5.69 Å². The largest absolute Gasteiger partial charge is 0.489 e. The van der Waals surface area contributed by atoms with E-state index >= 15 is 0 Å². The van der Waals surface area contributed by atoms with Crippen LogP contribution in [0.25, 0.3) is 0 Å². The Balaban J connectivity index is 2.72. The average molecular weight is 264 g/mol. The zero-order chi connectivity index (χ0) is 14.4. The highest BCUT2D eigenvalue weighted by atomic mass is 16.6. The van der Waals surface area contributed by atoms with Crippen LogP contribution in [0.3, 0.4) is 0 Å². The van der Waals surface area contributed by atoms with E-state index in [0.29, 0.717) is 24.5 Å². The molecule has 5 heteroatoms. The molecule has 0 aliphatic heterocycles. The van der Waals surface area contributed by atoms with Gasteiger partial charge in [0.25, 0.3) is 5.69 Å². The lowest BCUT2D eigenvalue weighted by Gasteiger charge is -2.12. The van der Waals surface area contributed by atoms with Crippen LogP contribution in [0, 0.1) is 24.0 Å². The summed E-state index contributed by atoms with van der Waals surface area (Å²) >= 11 is 0. The molecule has 0 radical (unpaired) electrons. The number of aryl methyl sites for hydroxylation is 2. The van der Waals surface area contributed by atoms with Crippen molar-refractivity contribution in [3.05, 3.63) is 45.5 Å². The molecule has 0 aliphatic carbocycles. The molecule has 104 valence electrons. The van der Waals surface area contributed by atoms with Gasteiger partial charge in [-0.1, -0.05) is 13.5 Å². The van der Waals surface area contributed by atoms with Crippen molar-refractivity contribution in [2.45, 2.75) is 20.8 Å². The number of hydrogen-bond donors (Lipinski definition) is 1. The van der Waals surface area contributed by atoms with Crippen molar-refractivity contribution < 1.29 is 9.66 Å². The van der Waals surface area contributed by atoms with Crippen LogP contribution in [0.1, 0.15) is 18.1 Å². The summed E-state index contributed by atoms with van der Waals surface area (Å²) < 4.78 is 5.65. The van der Waals surface area contributed by atoms with E-state index in [1.54, 1.807) is 19.9 Å². The first-order valence-electron chi connectivity index (χ1n) is 6.21. The third kappa shape index (κ3) is 4.37. The predicted octanol–water partition coefficient (Wildman–Crippen LogP) is 2.76. The summed E-state index contributed by atoms with van der Waals surface area (Å²) in [6, 6.07) is 3.24. The fraction of sp³-hybridized carbons (Fsp3) is 0.429. The van der Waals surface area contributed by atoms with Crippen molar-refractivity contribution in [3.63, 3.8) is 0 Å². The summed E-state index contributed by atoms with van der Waals surface area (Å²) in [5.74, 6) is 0.667. The molecule has 0 saturated heterocycles. The van der Waals surface area contributed by atoms with Gasteiger partial charge in [-0.15, -0.1) is 0 Å². The molecule has 0 bridgehead atoms. The van der Waals surface area contributed by atoms with Crippen molar-refractivity contribution in [2.75, 3.05) is 19.7 Å². The second-order valence-corrected chi connectivity index (χ2v) is 4.48. The monoisotopic (exact) mass is 264 g/mol. The van der Waals surface area contributed by atoms with Crippen molar-refractivity contribution >= 4 is 5.69 Å². The quantitative estimate of drug-likeness (QED) is 0.467. The van der Waals surface area contributed by atoms with Crippen LogP contribution in [0.5, 0.6) is 5.75 Å². The number of ether oxygens (including phenoxy) is 1. The molecule has 19 heavy (non-hydrogen) atoms. The van der Waals surface area contributed by atoms with Gasteiger partial charge in [0.2, 0.25) is 0 Å².